The first-order valence-electron chi connectivity index (χ1n) is 6.29. The van der Waals surface area contributed by atoms with E-state index in [0.717, 1.165) is 0 Å². The molecule has 0 unspecified atom stereocenters. The fourth-order valence-electron chi connectivity index (χ4n) is 1.95. The zero-order valence-electron chi connectivity index (χ0n) is 11.2. The summed E-state index contributed by atoms with van der Waals surface area (Å²) in [5.74, 6) is 0.539. The highest BCUT2D eigenvalue weighted by atomic mass is 16.6. The monoisotopic (exact) mass is 283 g/mol. The molecule has 0 amide bonds. The largest absolute Gasteiger partial charge is 0.383 e. The average Bonchev–Trinajstić information content (AvgIpc) is 2.48. The number of anilines is 2. The molecule has 1 N–H and O–H groups in total. The molecular formula is C11H17N5O4. The van der Waals surface area contributed by atoms with Crippen LogP contribution in [0.4, 0.5) is 17.3 Å². The Morgan fingerprint density at radius 2 is 2.25 bits per heavy atom. The first-order chi connectivity index (χ1) is 9.74. The zero-order valence-corrected chi connectivity index (χ0v) is 11.2. The van der Waals surface area contributed by atoms with Crippen molar-refractivity contribution in [3.63, 3.8) is 0 Å². The first-order valence-corrected chi connectivity index (χ1v) is 6.29. The van der Waals surface area contributed by atoms with E-state index in [0.29, 0.717) is 45.3 Å². The highest BCUT2D eigenvalue weighted by molar-refractivity contribution is 5.70. The Balaban J connectivity index is 2.25. The van der Waals surface area contributed by atoms with E-state index in [2.05, 4.69) is 15.3 Å². The molecule has 1 aromatic rings. The number of hydrogen-bond acceptors (Lipinski definition) is 8. The second-order valence-corrected chi connectivity index (χ2v) is 4.17. The van der Waals surface area contributed by atoms with Crippen LogP contribution in [0.15, 0.2) is 6.33 Å². The lowest BCUT2D eigenvalue weighted by atomic mass is 10.3. The van der Waals surface area contributed by atoms with Gasteiger partial charge in [-0.05, 0) is 0 Å². The molecule has 2 rings (SSSR count). The molecule has 1 aliphatic rings. The summed E-state index contributed by atoms with van der Waals surface area (Å²) < 4.78 is 10.2. The molecule has 2 heterocycles. The van der Waals surface area contributed by atoms with Gasteiger partial charge in [0.25, 0.3) is 0 Å². The molecule has 0 saturated carbocycles. The van der Waals surface area contributed by atoms with Crippen molar-refractivity contribution in [1.82, 2.24) is 9.97 Å². The predicted octanol–water partition coefficient (Wildman–Crippen LogP) is 0.280. The lowest BCUT2D eigenvalue weighted by molar-refractivity contribution is -0.383. The van der Waals surface area contributed by atoms with E-state index in [1.807, 2.05) is 4.90 Å². The van der Waals surface area contributed by atoms with Crippen LogP contribution in [0.2, 0.25) is 0 Å². The standard InChI is InChI=1S/C11H17N5O4/c1-19-5-2-12-10-9(16(17)18)11(14-8-13-10)15-3-6-20-7-4-15/h8H,2-7H2,1H3,(H,12,13,14). The zero-order chi connectivity index (χ0) is 14.4. The Morgan fingerprint density at radius 1 is 1.50 bits per heavy atom. The molecule has 9 nitrogen and oxygen atoms in total. The maximum atomic E-state index is 11.3. The summed E-state index contributed by atoms with van der Waals surface area (Å²) in [6.45, 7) is 3.11. The molecular weight excluding hydrogens is 266 g/mol. The maximum absolute atomic E-state index is 11.3. The van der Waals surface area contributed by atoms with Crippen LogP contribution in [0, 0.1) is 10.1 Å². The van der Waals surface area contributed by atoms with Crippen molar-refractivity contribution in [3.05, 3.63) is 16.4 Å². The minimum atomic E-state index is -0.458. The molecule has 1 saturated heterocycles. The summed E-state index contributed by atoms with van der Waals surface area (Å²) in [6, 6.07) is 0. The lowest BCUT2D eigenvalue weighted by Crippen LogP contribution is -2.37. The van der Waals surface area contributed by atoms with Gasteiger partial charge in [-0.25, -0.2) is 9.97 Å². The second kappa shape index (κ2) is 6.96. The third kappa shape index (κ3) is 3.31. The van der Waals surface area contributed by atoms with E-state index in [1.54, 1.807) is 7.11 Å². The third-order valence-electron chi connectivity index (χ3n) is 2.89. The molecule has 20 heavy (non-hydrogen) atoms. The second-order valence-electron chi connectivity index (χ2n) is 4.17. The van der Waals surface area contributed by atoms with Crippen LogP contribution in [0.5, 0.6) is 0 Å². The van der Waals surface area contributed by atoms with Gasteiger partial charge >= 0.3 is 5.69 Å². The fourth-order valence-corrected chi connectivity index (χ4v) is 1.95. The molecule has 1 aliphatic heterocycles. The van der Waals surface area contributed by atoms with Gasteiger partial charge < -0.3 is 19.7 Å². The Morgan fingerprint density at radius 3 is 2.90 bits per heavy atom. The summed E-state index contributed by atoms with van der Waals surface area (Å²) >= 11 is 0. The van der Waals surface area contributed by atoms with E-state index < -0.39 is 4.92 Å². The number of nitrogens with zero attached hydrogens (tertiary/aromatic N) is 4. The molecule has 0 atom stereocenters. The van der Waals surface area contributed by atoms with Gasteiger partial charge in [0.1, 0.15) is 6.33 Å². The van der Waals surface area contributed by atoms with Crippen molar-refractivity contribution in [2.75, 3.05) is 56.8 Å². The minimum Gasteiger partial charge on any atom is -0.383 e. The number of nitrogens with one attached hydrogen (secondary N) is 1. The molecule has 0 aliphatic carbocycles. The van der Waals surface area contributed by atoms with Crippen LogP contribution in [-0.4, -0.2) is 61.5 Å². The Labute approximate surface area is 116 Å². The van der Waals surface area contributed by atoms with Crippen LogP contribution in [0.1, 0.15) is 0 Å². The van der Waals surface area contributed by atoms with Crippen molar-refractivity contribution in [1.29, 1.82) is 0 Å². The molecule has 110 valence electrons. The fraction of sp³-hybridized carbons (Fsp3) is 0.636. The van der Waals surface area contributed by atoms with Gasteiger partial charge in [-0.3, -0.25) is 10.1 Å². The Hall–Kier alpha value is -2.00. The van der Waals surface area contributed by atoms with Crippen molar-refractivity contribution in [3.8, 4) is 0 Å². The van der Waals surface area contributed by atoms with Gasteiger partial charge in [-0.2, -0.15) is 0 Å². The molecule has 1 aromatic heterocycles. The Kier molecular flexibility index (Phi) is 5.02. The van der Waals surface area contributed by atoms with Gasteiger partial charge in [-0.15, -0.1) is 0 Å². The third-order valence-corrected chi connectivity index (χ3v) is 2.89. The average molecular weight is 283 g/mol. The summed E-state index contributed by atoms with van der Waals surface area (Å²) in [6.07, 6.45) is 1.33. The van der Waals surface area contributed by atoms with E-state index in [4.69, 9.17) is 9.47 Å². The number of morpholine rings is 1. The molecule has 0 aromatic carbocycles. The first kappa shape index (κ1) is 14.4. The smallest absolute Gasteiger partial charge is 0.353 e. The van der Waals surface area contributed by atoms with Crippen molar-refractivity contribution < 1.29 is 14.4 Å². The SMILES string of the molecule is COCCNc1ncnc(N2CCOCC2)c1[N+](=O)[O-]. The highest BCUT2D eigenvalue weighted by Crippen LogP contribution is 2.31. The van der Waals surface area contributed by atoms with Gasteiger partial charge in [0.05, 0.1) is 24.7 Å². The molecule has 0 spiro atoms. The van der Waals surface area contributed by atoms with Gasteiger partial charge in [0.15, 0.2) is 0 Å². The molecule has 9 heteroatoms. The van der Waals surface area contributed by atoms with Gasteiger partial charge in [-0.1, -0.05) is 0 Å². The number of nitro groups is 1. The number of rotatable bonds is 6. The number of hydrogen-bond donors (Lipinski definition) is 1. The number of ether oxygens (including phenoxy) is 2. The minimum absolute atomic E-state index is 0.106. The maximum Gasteiger partial charge on any atom is 0.353 e. The molecule has 1 fully saturated rings. The van der Waals surface area contributed by atoms with Crippen LogP contribution < -0.4 is 10.2 Å². The van der Waals surface area contributed by atoms with E-state index in [-0.39, 0.29) is 11.5 Å². The molecule has 0 bridgehead atoms. The quantitative estimate of drug-likeness (QED) is 0.451. The number of methoxy groups -OCH3 is 1. The highest BCUT2D eigenvalue weighted by Gasteiger charge is 2.27. The molecule has 0 radical (unpaired) electrons. The lowest BCUT2D eigenvalue weighted by Gasteiger charge is -2.27. The summed E-state index contributed by atoms with van der Waals surface area (Å²) in [7, 11) is 1.56. The van der Waals surface area contributed by atoms with E-state index in [1.165, 1.54) is 6.33 Å². The van der Waals surface area contributed by atoms with Crippen molar-refractivity contribution in [2.24, 2.45) is 0 Å². The topological polar surface area (TPSA) is 103 Å². The van der Waals surface area contributed by atoms with E-state index >= 15 is 0 Å². The normalized spacial score (nSPS) is 15.2. The summed E-state index contributed by atoms with van der Waals surface area (Å²) in [5.41, 5.74) is -0.106. The van der Waals surface area contributed by atoms with E-state index in [9.17, 15) is 10.1 Å². The van der Waals surface area contributed by atoms with Crippen LogP contribution in [0.3, 0.4) is 0 Å². The predicted molar refractivity (Wildman–Crippen MR) is 72.1 cm³/mol. The number of aromatic nitrogens is 2. The van der Waals surface area contributed by atoms with Crippen LogP contribution >= 0.6 is 0 Å². The van der Waals surface area contributed by atoms with Crippen molar-refractivity contribution in [2.45, 2.75) is 0 Å². The van der Waals surface area contributed by atoms with Gasteiger partial charge in [0.2, 0.25) is 11.6 Å². The van der Waals surface area contributed by atoms with Crippen LogP contribution in [0.25, 0.3) is 0 Å². The van der Waals surface area contributed by atoms with Crippen LogP contribution in [-0.2, 0) is 9.47 Å². The van der Waals surface area contributed by atoms with Crippen molar-refractivity contribution >= 4 is 17.3 Å². The summed E-state index contributed by atoms with van der Waals surface area (Å²) in [4.78, 5) is 20.7. The summed E-state index contributed by atoms with van der Waals surface area (Å²) in [5, 5.41) is 14.2. The Bertz CT molecular complexity index is 464. The van der Waals surface area contributed by atoms with Gasteiger partial charge in [0, 0.05) is 26.7 Å².